The van der Waals surface area contributed by atoms with Crippen LogP contribution in [-0.2, 0) is 12.6 Å². The summed E-state index contributed by atoms with van der Waals surface area (Å²) in [6.45, 7) is 0.174. The monoisotopic (exact) mass is 287 g/mol. The smallest absolute Gasteiger partial charge is 0.416 e. The molecule has 0 amide bonds. The summed E-state index contributed by atoms with van der Waals surface area (Å²) in [6, 6.07) is 4.06. The van der Waals surface area contributed by atoms with E-state index < -0.39 is 17.3 Å². The van der Waals surface area contributed by atoms with Gasteiger partial charge in [0.1, 0.15) is 0 Å². The standard InChI is InChI=1S/C12H12F3N3O2/c13-12(14,15)7-1-3-8(4-2-7)18-11(20)9(5-6-16)10(19)17-18/h1-4,20H,5-6,16H2,(H,17,19). The lowest BCUT2D eigenvalue weighted by atomic mass is 10.2. The van der Waals surface area contributed by atoms with E-state index in [1.807, 2.05) is 0 Å². The largest absolute Gasteiger partial charge is 0.493 e. The lowest BCUT2D eigenvalue weighted by molar-refractivity contribution is -0.137. The molecule has 2 aromatic rings. The van der Waals surface area contributed by atoms with E-state index in [1.54, 1.807) is 0 Å². The summed E-state index contributed by atoms with van der Waals surface area (Å²) in [5.74, 6) is -0.347. The first-order chi connectivity index (χ1) is 9.34. The molecule has 108 valence electrons. The minimum atomic E-state index is -4.44. The van der Waals surface area contributed by atoms with Gasteiger partial charge in [0.05, 0.1) is 16.8 Å². The molecule has 0 aliphatic rings. The van der Waals surface area contributed by atoms with Crippen LogP contribution in [0.25, 0.3) is 5.69 Å². The maximum atomic E-state index is 12.4. The predicted octanol–water partition coefficient (Wildman–Crippen LogP) is 1.39. The summed E-state index contributed by atoms with van der Waals surface area (Å²) in [5.41, 5.74) is 4.31. The minimum Gasteiger partial charge on any atom is -0.493 e. The van der Waals surface area contributed by atoms with Gasteiger partial charge in [0.15, 0.2) is 0 Å². The number of alkyl halides is 3. The highest BCUT2D eigenvalue weighted by atomic mass is 19.4. The van der Waals surface area contributed by atoms with Gasteiger partial charge in [0, 0.05) is 0 Å². The maximum absolute atomic E-state index is 12.4. The van der Waals surface area contributed by atoms with Crippen LogP contribution in [0.4, 0.5) is 13.2 Å². The number of aromatic amines is 1. The third kappa shape index (κ3) is 2.55. The summed E-state index contributed by atoms with van der Waals surface area (Å²) in [4.78, 5) is 11.6. The van der Waals surface area contributed by atoms with Crippen molar-refractivity contribution in [2.75, 3.05) is 6.54 Å². The van der Waals surface area contributed by atoms with E-state index in [9.17, 15) is 23.1 Å². The maximum Gasteiger partial charge on any atom is 0.416 e. The summed E-state index contributed by atoms with van der Waals surface area (Å²) >= 11 is 0. The molecule has 0 fully saturated rings. The van der Waals surface area contributed by atoms with Crippen LogP contribution in [0.5, 0.6) is 5.88 Å². The summed E-state index contributed by atoms with van der Waals surface area (Å²) in [7, 11) is 0. The second kappa shape index (κ2) is 5.04. The van der Waals surface area contributed by atoms with Crippen LogP contribution in [-0.4, -0.2) is 21.4 Å². The van der Waals surface area contributed by atoms with Crippen LogP contribution >= 0.6 is 0 Å². The predicted molar refractivity (Wildman–Crippen MR) is 65.8 cm³/mol. The molecule has 0 aliphatic heterocycles. The van der Waals surface area contributed by atoms with Crippen molar-refractivity contribution in [3.05, 3.63) is 45.7 Å². The van der Waals surface area contributed by atoms with Gasteiger partial charge in [-0.2, -0.15) is 13.2 Å². The fourth-order valence-electron chi connectivity index (χ4n) is 1.81. The van der Waals surface area contributed by atoms with Gasteiger partial charge in [0.2, 0.25) is 5.88 Å². The molecule has 4 N–H and O–H groups in total. The van der Waals surface area contributed by atoms with Gasteiger partial charge in [-0.3, -0.25) is 9.89 Å². The van der Waals surface area contributed by atoms with E-state index >= 15 is 0 Å². The Labute approximate surface area is 111 Å². The SMILES string of the molecule is NCCc1c(O)n(-c2ccc(C(F)(F)F)cc2)[nH]c1=O. The second-order valence-corrected chi connectivity index (χ2v) is 4.16. The van der Waals surface area contributed by atoms with Crippen molar-refractivity contribution in [1.82, 2.24) is 9.78 Å². The van der Waals surface area contributed by atoms with Crippen molar-refractivity contribution < 1.29 is 18.3 Å². The number of nitrogens with two attached hydrogens (primary N) is 1. The van der Waals surface area contributed by atoms with Crippen molar-refractivity contribution in [3.63, 3.8) is 0 Å². The highest BCUT2D eigenvalue weighted by molar-refractivity contribution is 5.40. The number of halogens is 3. The first-order valence-electron chi connectivity index (χ1n) is 5.75. The van der Waals surface area contributed by atoms with Crippen molar-refractivity contribution in [2.24, 2.45) is 5.73 Å². The van der Waals surface area contributed by atoms with E-state index in [-0.39, 0.29) is 30.1 Å². The Morgan fingerprint density at radius 2 is 1.85 bits per heavy atom. The average molecular weight is 287 g/mol. The molecule has 2 rings (SSSR count). The van der Waals surface area contributed by atoms with Crippen LogP contribution in [0, 0.1) is 0 Å². The first kappa shape index (κ1) is 14.2. The Kier molecular flexibility index (Phi) is 3.58. The quantitative estimate of drug-likeness (QED) is 0.797. The van der Waals surface area contributed by atoms with E-state index in [4.69, 9.17) is 5.73 Å². The van der Waals surface area contributed by atoms with E-state index in [1.165, 1.54) is 0 Å². The van der Waals surface area contributed by atoms with Crippen LogP contribution in [0.2, 0.25) is 0 Å². The molecule has 1 aromatic heterocycles. The van der Waals surface area contributed by atoms with Gasteiger partial charge in [-0.05, 0) is 37.2 Å². The summed E-state index contributed by atoms with van der Waals surface area (Å²) < 4.78 is 38.3. The summed E-state index contributed by atoms with van der Waals surface area (Å²) in [6.07, 6.45) is -4.26. The number of hydrogen-bond donors (Lipinski definition) is 3. The first-order valence-corrected chi connectivity index (χ1v) is 5.75. The molecule has 1 heterocycles. The van der Waals surface area contributed by atoms with Crippen molar-refractivity contribution >= 4 is 0 Å². The van der Waals surface area contributed by atoms with E-state index in [0.717, 1.165) is 28.9 Å². The minimum absolute atomic E-state index is 0.104. The molecule has 0 unspecified atom stereocenters. The zero-order valence-electron chi connectivity index (χ0n) is 10.2. The molecule has 0 saturated heterocycles. The molecule has 0 aliphatic carbocycles. The zero-order chi connectivity index (χ0) is 14.9. The molecule has 0 radical (unpaired) electrons. The summed E-state index contributed by atoms with van der Waals surface area (Å²) in [5, 5.41) is 12.2. The molecule has 0 spiro atoms. The molecular formula is C12H12F3N3O2. The number of H-pyrrole nitrogens is 1. The van der Waals surface area contributed by atoms with Gasteiger partial charge < -0.3 is 10.8 Å². The number of rotatable bonds is 3. The Morgan fingerprint density at radius 1 is 1.25 bits per heavy atom. The molecule has 20 heavy (non-hydrogen) atoms. The van der Waals surface area contributed by atoms with Gasteiger partial charge in [-0.1, -0.05) is 0 Å². The van der Waals surface area contributed by atoms with Gasteiger partial charge in [0.25, 0.3) is 5.56 Å². The average Bonchev–Trinajstić information content (AvgIpc) is 2.66. The third-order valence-corrected chi connectivity index (χ3v) is 2.82. The van der Waals surface area contributed by atoms with Crippen LogP contribution < -0.4 is 11.3 Å². The lowest BCUT2D eigenvalue weighted by Gasteiger charge is -2.08. The molecular weight excluding hydrogens is 275 g/mol. The lowest BCUT2D eigenvalue weighted by Crippen LogP contribution is -2.11. The van der Waals surface area contributed by atoms with E-state index in [2.05, 4.69) is 5.10 Å². The van der Waals surface area contributed by atoms with Gasteiger partial charge in [-0.15, -0.1) is 0 Å². The number of aromatic hydroxyl groups is 1. The molecule has 5 nitrogen and oxygen atoms in total. The van der Waals surface area contributed by atoms with Crippen molar-refractivity contribution in [2.45, 2.75) is 12.6 Å². The number of nitrogens with zero attached hydrogens (tertiary/aromatic N) is 1. The number of nitrogens with one attached hydrogen (secondary N) is 1. The Hall–Kier alpha value is -2.22. The number of hydrogen-bond acceptors (Lipinski definition) is 3. The van der Waals surface area contributed by atoms with Gasteiger partial charge >= 0.3 is 6.18 Å². The Balaban J connectivity index is 2.42. The zero-order valence-corrected chi connectivity index (χ0v) is 10.2. The normalized spacial score (nSPS) is 11.8. The van der Waals surface area contributed by atoms with E-state index in [0.29, 0.717) is 0 Å². The highest BCUT2D eigenvalue weighted by Gasteiger charge is 2.30. The Bertz CT molecular complexity index is 656. The van der Waals surface area contributed by atoms with Crippen LogP contribution in [0.1, 0.15) is 11.1 Å². The Morgan fingerprint density at radius 3 is 2.35 bits per heavy atom. The van der Waals surface area contributed by atoms with Crippen molar-refractivity contribution in [3.8, 4) is 11.6 Å². The number of aromatic nitrogens is 2. The molecule has 0 bridgehead atoms. The van der Waals surface area contributed by atoms with Crippen LogP contribution in [0.3, 0.4) is 0 Å². The van der Waals surface area contributed by atoms with Crippen LogP contribution in [0.15, 0.2) is 29.1 Å². The topological polar surface area (TPSA) is 84.0 Å². The molecule has 8 heteroatoms. The third-order valence-electron chi connectivity index (χ3n) is 2.82. The molecule has 1 aromatic carbocycles. The molecule has 0 atom stereocenters. The fourth-order valence-corrected chi connectivity index (χ4v) is 1.81. The molecule has 0 saturated carbocycles. The second-order valence-electron chi connectivity index (χ2n) is 4.16. The van der Waals surface area contributed by atoms with Gasteiger partial charge in [-0.25, -0.2) is 4.68 Å². The highest BCUT2D eigenvalue weighted by Crippen LogP contribution is 2.30. The van der Waals surface area contributed by atoms with Crippen molar-refractivity contribution in [1.29, 1.82) is 0 Å². The number of benzene rings is 1. The fraction of sp³-hybridized carbons (Fsp3) is 0.250.